The first-order chi connectivity index (χ1) is 15.3. The largest absolute Gasteiger partial charge is 0.545 e. The van der Waals surface area contributed by atoms with E-state index >= 15 is 0 Å². The minimum atomic E-state index is -1.31. The van der Waals surface area contributed by atoms with Crippen LogP contribution in [0.3, 0.4) is 0 Å². The summed E-state index contributed by atoms with van der Waals surface area (Å²) in [6, 6.07) is 13.6. The number of rotatable bonds is 8. The van der Waals surface area contributed by atoms with Crippen molar-refractivity contribution in [2.45, 2.75) is 0 Å². The summed E-state index contributed by atoms with van der Waals surface area (Å²) in [7, 11) is 1.37. The Balaban J connectivity index is 1.88. The van der Waals surface area contributed by atoms with Gasteiger partial charge in [0.1, 0.15) is 0 Å². The molecule has 0 saturated carbocycles. The number of nitro benzene ring substituents is 2. The number of hydrogen-bond donors (Lipinski definition) is 0. The van der Waals surface area contributed by atoms with Crippen LogP contribution in [0.1, 0.15) is 15.9 Å². The van der Waals surface area contributed by atoms with E-state index in [9.17, 15) is 30.1 Å². The van der Waals surface area contributed by atoms with Gasteiger partial charge in [0.05, 0.1) is 34.7 Å². The molecule has 0 spiro atoms. The lowest BCUT2D eigenvalue weighted by Gasteiger charge is -2.11. The number of ether oxygens (including phenoxy) is 2. The maximum Gasteiger partial charge on any atom is 0.318 e. The van der Waals surface area contributed by atoms with Crippen molar-refractivity contribution < 1.29 is 29.2 Å². The molecule has 11 nitrogen and oxygen atoms in total. The summed E-state index contributed by atoms with van der Waals surface area (Å²) in [5, 5.41) is 33.1. The third-order valence-electron chi connectivity index (χ3n) is 4.20. The van der Waals surface area contributed by atoms with Crippen LogP contribution in [-0.2, 0) is 0 Å². The average Bonchev–Trinajstić information content (AvgIpc) is 2.78. The third-order valence-corrected chi connectivity index (χ3v) is 4.20. The molecule has 3 aromatic carbocycles. The molecule has 0 aliphatic carbocycles. The second-order valence-electron chi connectivity index (χ2n) is 6.27. The topological polar surface area (TPSA) is 157 Å². The number of nitrogens with zero attached hydrogens (tertiary/aromatic N) is 3. The highest BCUT2D eigenvalue weighted by Gasteiger charge is 2.22. The fourth-order valence-corrected chi connectivity index (χ4v) is 2.68. The van der Waals surface area contributed by atoms with Gasteiger partial charge in [-0.3, -0.25) is 25.2 Å². The van der Waals surface area contributed by atoms with Crippen molar-refractivity contribution in [1.29, 1.82) is 0 Å². The Bertz CT molecular complexity index is 1240. The Hall–Kier alpha value is -4.80. The number of hydrogen-bond acceptors (Lipinski definition) is 9. The number of benzene rings is 3. The Morgan fingerprint density at radius 1 is 0.938 bits per heavy atom. The molecule has 3 rings (SSSR count). The van der Waals surface area contributed by atoms with E-state index in [1.807, 2.05) is 0 Å². The Kier molecular flexibility index (Phi) is 6.39. The second kappa shape index (κ2) is 9.34. The van der Waals surface area contributed by atoms with Crippen molar-refractivity contribution in [3.63, 3.8) is 0 Å². The monoisotopic (exact) mass is 436 g/mol. The predicted molar refractivity (Wildman–Crippen MR) is 111 cm³/mol. The molecule has 11 heteroatoms. The first-order valence-electron chi connectivity index (χ1n) is 8.92. The number of carbonyl (C=O) groups excluding carboxylic acids is 1. The van der Waals surface area contributed by atoms with Crippen molar-refractivity contribution in [3.8, 4) is 17.2 Å². The molecule has 0 bridgehead atoms. The number of nitro groups is 2. The summed E-state index contributed by atoms with van der Waals surface area (Å²) in [6.45, 7) is 0. The molecule has 0 atom stereocenters. The summed E-state index contributed by atoms with van der Waals surface area (Å²) in [4.78, 5) is 35.8. The Morgan fingerprint density at radius 2 is 1.69 bits per heavy atom. The van der Waals surface area contributed by atoms with E-state index in [-0.39, 0.29) is 22.8 Å². The van der Waals surface area contributed by atoms with Crippen LogP contribution in [0.4, 0.5) is 17.1 Å². The number of carboxylic acids is 1. The van der Waals surface area contributed by atoms with Crippen LogP contribution in [-0.4, -0.2) is 29.1 Å². The summed E-state index contributed by atoms with van der Waals surface area (Å²) in [6.07, 6.45) is 1.47. The van der Waals surface area contributed by atoms with Crippen LogP contribution >= 0.6 is 0 Å². The lowest BCUT2D eigenvalue weighted by molar-refractivity contribution is -0.394. The molecule has 0 N–H and O–H groups in total. The van der Waals surface area contributed by atoms with Gasteiger partial charge in [0.25, 0.3) is 5.69 Å². The maximum absolute atomic E-state index is 11.3. The second-order valence-corrected chi connectivity index (χ2v) is 6.27. The van der Waals surface area contributed by atoms with E-state index in [0.29, 0.717) is 11.3 Å². The molecule has 32 heavy (non-hydrogen) atoms. The summed E-state index contributed by atoms with van der Waals surface area (Å²) >= 11 is 0. The molecule has 0 heterocycles. The summed E-state index contributed by atoms with van der Waals surface area (Å²) in [5.41, 5.74) is -0.0468. The number of non-ortho nitro benzene ring substituents is 1. The van der Waals surface area contributed by atoms with Crippen molar-refractivity contribution in [3.05, 3.63) is 92.0 Å². The highest BCUT2D eigenvalue weighted by molar-refractivity contribution is 5.88. The van der Waals surface area contributed by atoms with Crippen LogP contribution in [0.2, 0.25) is 0 Å². The fourth-order valence-electron chi connectivity index (χ4n) is 2.68. The minimum absolute atomic E-state index is 0.00864. The normalized spacial score (nSPS) is 10.7. The Labute approximate surface area is 180 Å². The quantitative estimate of drug-likeness (QED) is 0.295. The van der Waals surface area contributed by atoms with Crippen LogP contribution in [0.15, 0.2) is 65.7 Å². The van der Waals surface area contributed by atoms with Gasteiger partial charge in [-0.1, -0.05) is 12.1 Å². The van der Waals surface area contributed by atoms with Crippen molar-refractivity contribution in [1.82, 2.24) is 0 Å². The minimum Gasteiger partial charge on any atom is -0.545 e. The zero-order chi connectivity index (χ0) is 23.3. The SMILES string of the molecule is COc1cc(C=Nc2cccc(C(=O)[O-])c2)ccc1Oc1ccc([N+](=O)[O-])cc1[N+](=O)[O-]. The van der Waals surface area contributed by atoms with Crippen molar-refractivity contribution in [2.24, 2.45) is 4.99 Å². The summed E-state index contributed by atoms with van der Waals surface area (Å²) < 4.78 is 10.9. The molecule has 0 aromatic heterocycles. The van der Waals surface area contributed by atoms with Gasteiger partial charge in [-0.25, -0.2) is 0 Å². The molecule has 0 aliphatic heterocycles. The number of carboxylic acid groups (broad SMARTS) is 1. The maximum atomic E-state index is 11.3. The van der Waals surface area contributed by atoms with Gasteiger partial charge in [0.2, 0.25) is 5.75 Å². The van der Waals surface area contributed by atoms with Crippen LogP contribution in [0.25, 0.3) is 0 Å². The third kappa shape index (κ3) is 5.02. The van der Waals surface area contributed by atoms with Gasteiger partial charge in [-0.2, -0.15) is 0 Å². The smallest absolute Gasteiger partial charge is 0.318 e. The Morgan fingerprint density at radius 3 is 2.34 bits per heavy atom. The first-order valence-corrected chi connectivity index (χ1v) is 8.92. The van der Waals surface area contributed by atoms with E-state index in [0.717, 1.165) is 18.2 Å². The molecule has 0 fully saturated rings. The van der Waals surface area contributed by atoms with Crippen LogP contribution in [0.5, 0.6) is 17.2 Å². The number of aliphatic imine (C=N–C) groups is 1. The van der Waals surface area contributed by atoms with Crippen molar-refractivity contribution >= 4 is 29.2 Å². The predicted octanol–water partition coefficient (Wildman–Crippen LogP) is 3.42. The van der Waals surface area contributed by atoms with Gasteiger partial charge in [-0.15, -0.1) is 0 Å². The first kappa shape index (κ1) is 21.9. The summed E-state index contributed by atoms with van der Waals surface area (Å²) in [5.74, 6) is -1.14. The number of aromatic carboxylic acids is 1. The fraction of sp³-hybridized carbons (Fsp3) is 0.0476. The van der Waals surface area contributed by atoms with Crippen molar-refractivity contribution in [2.75, 3.05) is 7.11 Å². The van der Waals surface area contributed by atoms with Gasteiger partial charge in [0.15, 0.2) is 11.5 Å². The molecule has 0 unspecified atom stereocenters. The zero-order valence-electron chi connectivity index (χ0n) is 16.5. The molecular formula is C21H14N3O8-. The van der Waals surface area contributed by atoms with Gasteiger partial charge < -0.3 is 19.4 Å². The number of methoxy groups -OCH3 is 1. The lowest BCUT2D eigenvalue weighted by atomic mass is 10.2. The van der Waals surface area contributed by atoms with Gasteiger partial charge in [-0.05, 0) is 47.5 Å². The van der Waals surface area contributed by atoms with Crippen LogP contribution in [0, 0.1) is 20.2 Å². The highest BCUT2D eigenvalue weighted by atomic mass is 16.6. The van der Waals surface area contributed by atoms with E-state index in [1.165, 1.54) is 37.6 Å². The highest BCUT2D eigenvalue weighted by Crippen LogP contribution is 2.38. The lowest BCUT2D eigenvalue weighted by Crippen LogP contribution is -2.21. The molecule has 3 aromatic rings. The van der Waals surface area contributed by atoms with Gasteiger partial charge in [0, 0.05) is 12.3 Å². The standard InChI is InChI=1S/C21H15N3O8/c1-31-20-9-13(12-22-15-4-2-3-14(10-15)21(25)26)5-7-19(20)32-18-8-6-16(23(27)28)11-17(18)24(29)30/h2-12H,1H3,(H,25,26)/p-1. The van der Waals surface area contributed by atoms with E-state index in [2.05, 4.69) is 4.99 Å². The average molecular weight is 436 g/mol. The molecule has 0 amide bonds. The van der Waals surface area contributed by atoms with Crippen LogP contribution < -0.4 is 14.6 Å². The molecular weight excluding hydrogens is 422 g/mol. The molecule has 162 valence electrons. The van der Waals surface area contributed by atoms with E-state index < -0.39 is 27.2 Å². The van der Waals surface area contributed by atoms with E-state index in [4.69, 9.17) is 9.47 Å². The van der Waals surface area contributed by atoms with Gasteiger partial charge >= 0.3 is 5.69 Å². The number of carbonyl (C=O) groups is 1. The zero-order valence-corrected chi connectivity index (χ0v) is 16.5. The molecule has 0 saturated heterocycles. The van der Waals surface area contributed by atoms with E-state index in [1.54, 1.807) is 18.2 Å². The molecule has 0 aliphatic rings. The molecule has 0 radical (unpaired) electrons.